The van der Waals surface area contributed by atoms with Crippen LogP contribution in [0.25, 0.3) is 0 Å². The van der Waals surface area contributed by atoms with Gasteiger partial charge in [0.15, 0.2) is 0 Å². The molecule has 1 fully saturated rings. The van der Waals surface area contributed by atoms with Gasteiger partial charge in [-0.2, -0.15) is 0 Å². The van der Waals surface area contributed by atoms with E-state index in [1.807, 2.05) is 31.2 Å². The molecule has 0 spiro atoms. The van der Waals surface area contributed by atoms with Crippen molar-refractivity contribution < 1.29 is 21.6 Å². The SMILES string of the molecule is Cc1ccc(CS(=O)(=O)N2CCC(C(=O)Nc3ccc(S(=O)(=O)Nc4ccc(Cl)cc4Cl)cc3)CC2)cc1. The van der Waals surface area contributed by atoms with Crippen LogP contribution in [0.15, 0.2) is 71.6 Å². The first-order valence-electron chi connectivity index (χ1n) is 11.9. The van der Waals surface area contributed by atoms with E-state index in [0.29, 0.717) is 23.6 Å². The highest BCUT2D eigenvalue weighted by Gasteiger charge is 2.31. The van der Waals surface area contributed by atoms with Gasteiger partial charge in [-0.3, -0.25) is 9.52 Å². The Morgan fingerprint density at radius 2 is 1.55 bits per heavy atom. The van der Waals surface area contributed by atoms with Crippen molar-refractivity contribution in [3.8, 4) is 0 Å². The van der Waals surface area contributed by atoms with Crippen LogP contribution in [0.5, 0.6) is 0 Å². The maximum absolute atomic E-state index is 12.8. The lowest BCUT2D eigenvalue weighted by Gasteiger charge is -2.30. The fourth-order valence-corrected chi connectivity index (χ4v) is 7.27. The lowest BCUT2D eigenvalue weighted by Crippen LogP contribution is -2.41. The molecule has 1 heterocycles. The zero-order valence-electron chi connectivity index (χ0n) is 20.5. The number of piperidine rings is 1. The summed E-state index contributed by atoms with van der Waals surface area (Å²) in [5, 5.41) is 3.34. The molecule has 0 aromatic heterocycles. The number of nitrogens with zero attached hydrogens (tertiary/aromatic N) is 1. The second-order valence-electron chi connectivity index (χ2n) is 9.16. The molecule has 0 unspecified atom stereocenters. The molecule has 0 atom stereocenters. The lowest BCUT2D eigenvalue weighted by atomic mass is 9.97. The topological polar surface area (TPSA) is 113 Å². The molecule has 202 valence electrons. The van der Waals surface area contributed by atoms with E-state index in [-0.39, 0.29) is 46.3 Å². The molecule has 1 aliphatic rings. The minimum Gasteiger partial charge on any atom is -0.326 e. The quantitative estimate of drug-likeness (QED) is 0.367. The van der Waals surface area contributed by atoms with Crippen molar-refractivity contribution in [1.29, 1.82) is 0 Å². The van der Waals surface area contributed by atoms with E-state index < -0.39 is 20.0 Å². The molecule has 2 N–H and O–H groups in total. The molecule has 1 aliphatic heterocycles. The van der Waals surface area contributed by atoms with Crippen LogP contribution in [0.2, 0.25) is 10.0 Å². The van der Waals surface area contributed by atoms with Gasteiger partial charge in [0.05, 0.1) is 21.4 Å². The van der Waals surface area contributed by atoms with Crippen LogP contribution in [-0.2, 0) is 30.6 Å². The molecule has 12 heteroatoms. The number of amides is 1. The second kappa shape index (κ2) is 11.6. The number of benzene rings is 3. The molecular weight excluding hydrogens is 569 g/mol. The number of rotatable bonds is 8. The van der Waals surface area contributed by atoms with Crippen molar-refractivity contribution in [3.05, 3.63) is 87.9 Å². The molecule has 0 bridgehead atoms. The standard InChI is InChI=1S/C26H27Cl2N3O5S2/c1-18-2-4-19(5-3-18)17-37(33,34)31-14-12-20(13-15-31)26(32)29-22-7-9-23(10-8-22)38(35,36)30-25-11-6-21(27)16-24(25)28/h2-11,16,20,30H,12-15,17H2,1H3,(H,29,32). The third-order valence-electron chi connectivity index (χ3n) is 6.30. The summed E-state index contributed by atoms with van der Waals surface area (Å²) in [7, 11) is -7.39. The zero-order chi connectivity index (χ0) is 27.5. The van der Waals surface area contributed by atoms with Crippen LogP contribution in [0.4, 0.5) is 11.4 Å². The Balaban J connectivity index is 1.32. The van der Waals surface area contributed by atoms with Crippen molar-refractivity contribution in [2.75, 3.05) is 23.1 Å². The fraction of sp³-hybridized carbons (Fsp3) is 0.269. The highest BCUT2D eigenvalue weighted by Crippen LogP contribution is 2.28. The summed E-state index contributed by atoms with van der Waals surface area (Å²) in [6, 6.07) is 17.6. The van der Waals surface area contributed by atoms with Gasteiger partial charge in [-0.25, -0.2) is 21.1 Å². The van der Waals surface area contributed by atoms with E-state index in [1.165, 1.54) is 46.8 Å². The summed E-state index contributed by atoms with van der Waals surface area (Å²) in [6.45, 7) is 2.48. The summed E-state index contributed by atoms with van der Waals surface area (Å²) in [5.41, 5.74) is 2.43. The number of halogens is 2. The van der Waals surface area contributed by atoms with E-state index in [4.69, 9.17) is 23.2 Å². The molecule has 3 aromatic rings. The minimum absolute atomic E-state index is 0.00592. The van der Waals surface area contributed by atoms with E-state index in [0.717, 1.165) is 11.1 Å². The Hall–Kier alpha value is -2.63. The van der Waals surface area contributed by atoms with E-state index in [2.05, 4.69) is 10.0 Å². The molecule has 0 aliphatic carbocycles. The molecule has 1 amide bonds. The Bertz CT molecular complexity index is 1520. The minimum atomic E-state index is -3.91. The molecule has 1 saturated heterocycles. The lowest BCUT2D eigenvalue weighted by molar-refractivity contribution is -0.120. The number of anilines is 2. The molecular formula is C26H27Cl2N3O5S2. The molecule has 0 radical (unpaired) electrons. The first kappa shape index (κ1) is 28.4. The van der Waals surface area contributed by atoms with Gasteiger partial charge < -0.3 is 5.32 Å². The number of hydrogen-bond acceptors (Lipinski definition) is 5. The smallest absolute Gasteiger partial charge is 0.261 e. The highest BCUT2D eigenvalue weighted by atomic mass is 35.5. The average Bonchev–Trinajstić information content (AvgIpc) is 2.87. The van der Waals surface area contributed by atoms with E-state index in [1.54, 1.807) is 0 Å². The number of carbonyl (C=O) groups excluding carboxylic acids is 1. The normalized spacial score (nSPS) is 15.2. The van der Waals surface area contributed by atoms with Crippen LogP contribution in [-0.4, -0.2) is 40.1 Å². The molecule has 4 rings (SSSR count). The molecule has 3 aromatic carbocycles. The predicted molar refractivity (Wildman–Crippen MR) is 150 cm³/mol. The van der Waals surface area contributed by atoms with Crippen molar-refractivity contribution in [2.45, 2.75) is 30.4 Å². The van der Waals surface area contributed by atoms with Gasteiger partial charge >= 0.3 is 0 Å². The van der Waals surface area contributed by atoms with Crippen molar-refractivity contribution in [2.24, 2.45) is 5.92 Å². The summed E-state index contributed by atoms with van der Waals surface area (Å²) in [4.78, 5) is 12.8. The van der Waals surface area contributed by atoms with Gasteiger partial charge in [-0.05, 0) is 67.8 Å². The fourth-order valence-electron chi connectivity index (χ4n) is 4.12. The van der Waals surface area contributed by atoms with E-state index >= 15 is 0 Å². The second-order valence-corrected chi connectivity index (χ2v) is 13.7. The summed E-state index contributed by atoms with van der Waals surface area (Å²) < 4.78 is 54.9. The van der Waals surface area contributed by atoms with Crippen LogP contribution in [0, 0.1) is 12.8 Å². The largest absolute Gasteiger partial charge is 0.326 e. The monoisotopic (exact) mass is 595 g/mol. The van der Waals surface area contributed by atoms with Gasteiger partial charge in [0.25, 0.3) is 10.0 Å². The molecule has 38 heavy (non-hydrogen) atoms. The van der Waals surface area contributed by atoms with E-state index in [9.17, 15) is 21.6 Å². The van der Waals surface area contributed by atoms with Gasteiger partial charge in [0.2, 0.25) is 15.9 Å². The highest BCUT2D eigenvalue weighted by molar-refractivity contribution is 7.92. The Labute approximate surface area is 233 Å². The van der Waals surface area contributed by atoms with Gasteiger partial charge in [0.1, 0.15) is 0 Å². The van der Waals surface area contributed by atoms with Crippen LogP contribution < -0.4 is 10.0 Å². The third kappa shape index (κ3) is 7.06. The number of carbonyl (C=O) groups is 1. The Morgan fingerprint density at radius 3 is 2.16 bits per heavy atom. The first-order chi connectivity index (χ1) is 17.9. The van der Waals surface area contributed by atoms with Crippen LogP contribution >= 0.6 is 23.2 Å². The van der Waals surface area contributed by atoms with Crippen LogP contribution in [0.1, 0.15) is 24.0 Å². The summed E-state index contributed by atoms with van der Waals surface area (Å²) in [5.74, 6) is -0.654. The Kier molecular flexibility index (Phi) is 8.68. The zero-order valence-corrected chi connectivity index (χ0v) is 23.7. The predicted octanol–water partition coefficient (Wildman–Crippen LogP) is 5.28. The third-order valence-corrected chi connectivity index (χ3v) is 10.1. The maximum Gasteiger partial charge on any atom is 0.261 e. The Morgan fingerprint density at radius 1 is 0.921 bits per heavy atom. The maximum atomic E-state index is 12.8. The number of hydrogen-bond donors (Lipinski definition) is 2. The van der Waals surface area contributed by atoms with Crippen molar-refractivity contribution >= 4 is 60.5 Å². The summed E-state index contributed by atoms with van der Waals surface area (Å²) in [6.07, 6.45) is 0.800. The molecule has 8 nitrogen and oxygen atoms in total. The van der Waals surface area contributed by atoms with Gasteiger partial charge in [-0.15, -0.1) is 0 Å². The van der Waals surface area contributed by atoms with Crippen molar-refractivity contribution in [3.63, 3.8) is 0 Å². The summed E-state index contributed by atoms with van der Waals surface area (Å²) >= 11 is 11.9. The number of sulfonamides is 2. The molecule has 0 saturated carbocycles. The number of nitrogens with one attached hydrogen (secondary N) is 2. The van der Waals surface area contributed by atoms with Gasteiger partial charge in [-0.1, -0.05) is 53.0 Å². The number of aryl methyl sites for hydroxylation is 1. The van der Waals surface area contributed by atoms with Crippen LogP contribution in [0.3, 0.4) is 0 Å². The van der Waals surface area contributed by atoms with Crippen molar-refractivity contribution in [1.82, 2.24) is 4.31 Å². The first-order valence-corrected chi connectivity index (χ1v) is 15.7. The average molecular weight is 597 g/mol. The van der Waals surface area contributed by atoms with Gasteiger partial charge in [0, 0.05) is 29.7 Å².